The van der Waals surface area contributed by atoms with Gasteiger partial charge < -0.3 is 5.73 Å². The van der Waals surface area contributed by atoms with Crippen molar-refractivity contribution in [2.45, 2.75) is 6.92 Å². The monoisotopic (exact) mass is 131 g/mol. The van der Waals surface area contributed by atoms with E-state index in [9.17, 15) is 4.79 Å². The van der Waals surface area contributed by atoms with Gasteiger partial charge in [-0.3, -0.25) is 4.79 Å². The maximum absolute atomic E-state index is 10.1. The molecule has 0 rings (SSSR count). The van der Waals surface area contributed by atoms with Crippen LogP contribution in [0.5, 0.6) is 0 Å². The van der Waals surface area contributed by atoms with Gasteiger partial charge in [-0.2, -0.15) is 0 Å². The van der Waals surface area contributed by atoms with Gasteiger partial charge in [-0.05, 0) is 11.8 Å². The van der Waals surface area contributed by atoms with Crippen molar-refractivity contribution in [2.75, 3.05) is 5.75 Å². The molecule has 46 valence electrons. The third-order valence-corrected chi connectivity index (χ3v) is 1.38. The second kappa shape index (κ2) is 3.55. The van der Waals surface area contributed by atoms with Crippen LogP contribution < -0.4 is 5.73 Å². The van der Waals surface area contributed by atoms with Crippen LogP contribution in [0.25, 0.3) is 0 Å². The number of hydrogen-bond donors (Lipinski definition) is 1. The van der Waals surface area contributed by atoms with Crippen molar-refractivity contribution in [1.29, 1.82) is 0 Å². The summed E-state index contributed by atoms with van der Waals surface area (Å²) in [6.07, 6.45) is 0. The molecule has 0 aromatic carbocycles. The lowest BCUT2D eigenvalue weighted by Crippen LogP contribution is -2.12. The second-order valence-electron chi connectivity index (χ2n) is 1.46. The van der Waals surface area contributed by atoms with Crippen LogP contribution in [0.2, 0.25) is 0 Å². The molecule has 0 heterocycles. The fraction of sp³-hybridized carbons (Fsp3) is 0.400. The summed E-state index contributed by atoms with van der Waals surface area (Å²) in [7, 11) is 0. The fourth-order valence-corrected chi connectivity index (χ4v) is 0.583. The number of thioether (sulfide) groups is 1. The SMILES string of the molecule is C=C(C)SCC(N)=O. The third kappa shape index (κ3) is 5.56. The Morgan fingerprint density at radius 3 is 2.50 bits per heavy atom. The maximum Gasteiger partial charge on any atom is 0.227 e. The Balaban J connectivity index is 3.18. The average Bonchev–Trinajstić information content (AvgIpc) is 1.61. The van der Waals surface area contributed by atoms with Crippen molar-refractivity contribution >= 4 is 17.7 Å². The van der Waals surface area contributed by atoms with Crippen LogP contribution in [0.4, 0.5) is 0 Å². The van der Waals surface area contributed by atoms with E-state index in [0.29, 0.717) is 5.75 Å². The minimum absolute atomic E-state index is 0.294. The summed E-state index contributed by atoms with van der Waals surface area (Å²) in [4.78, 5) is 11.0. The molecule has 0 saturated heterocycles. The molecule has 1 amide bonds. The third-order valence-electron chi connectivity index (χ3n) is 0.461. The summed E-state index contributed by atoms with van der Waals surface area (Å²) >= 11 is 1.37. The quantitative estimate of drug-likeness (QED) is 0.613. The van der Waals surface area contributed by atoms with Gasteiger partial charge in [0.25, 0.3) is 0 Å². The highest BCUT2D eigenvalue weighted by Crippen LogP contribution is 2.09. The molecule has 0 aromatic heterocycles. The van der Waals surface area contributed by atoms with Crippen LogP contribution in [-0.4, -0.2) is 11.7 Å². The summed E-state index contributed by atoms with van der Waals surface area (Å²) in [5.41, 5.74) is 4.84. The molecule has 0 bridgehead atoms. The van der Waals surface area contributed by atoms with Gasteiger partial charge in [0.15, 0.2) is 0 Å². The zero-order chi connectivity index (χ0) is 6.57. The maximum atomic E-state index is 10.1. The van der Waals surface area contributed by atoms with E-state index in [0.717, 1.165) is 4.91 Å². The number of nitrogens with two attached hydrogens (primary N) is 1. The van der Waals surface area contributed by atoms with E-state index in [-0.39, 0.29) is 5.91 Å². The molecule has 0 aliphatic rings. The van der Waals surface area contributed by atoms with Gasteiger partial charge in [0.05, 0.1) is 5.75 Å². The first-order valence-corrected chi connectivity index (χ1v) is 3.18. The normalized spacial score (nSPS) is 8.62. The molecule has 0 fully saturated rings. The van der Waals surface area contributed by atoms with Gasteiger partial charge >= 0.3 is 0 Å². The molecule has 0 aliphatic heterocycles. The van der Waals surface area contributed by atoms with Crippen LogP contribution >= 0.6 is 11.8 Å². The molecule has 0 aliphatic carbocycles. The van der Waals surface area contributed by atoms with Gasteiger partial charge in [0.2, 0.25) is 5.91 Å². The molecule has 0 atom stereocenters. The molecule has 0 aromatic rings. The number of carbonyl (C=O) groups excluding carboxylic acids is 1. The number of amides is 1. The lowest BCUT2D eigenvalue weighted by atomic mass is 10.7. The number of hydrogen-bond acceptors (Lipinski definition) is 2. The average molecular weight is 131 g/mol. The van der Waals surface area contributed by atoms with Gasteiger partial charge in [0, 0.05) is 0 Å². The second-order valence-corrected chi connectivity index (χ2v) is 2.73. The molecule has 0 radical (unpaired) electrons. The Labute approximate surface area is 53.1 Å². The highest BCUT2D eigenvalue weighted by molar-refractivity contribution is 8.03. The Morgan fingerprint density at radius 1 is 1.88 bits per heavy atom. The molecular formula is C5H9NOS. The van der Waals surface area contributed by atoms with Crippen molar-refractivity contribution in [2.24, 2.45) is 5.73 Å². The van der Waals surface area contributed by atoms with E-state index in [1.54, 1.807) is 0 Å². The zero-order valence-electron chi connectivity index (χ0n) is 4.81. The molecule has 0 spiro atoms. The minimum Gasteiger partial charge on any atom is -0.369 e. The van der Waals surface area contributed by atoms with Crippen LogP contribution in [0.1, 0.15) is 6.92 Å². The summed E-state index contributed by atoms with van der Waals surface area (Å²) in [6, 6.07) is 0. The smallest absolute Gasteiger partial charge is 0.227 e. The zero-order valence-corrected chi connectivity index (χ0v) is 5.62. The highest BCUT2D eigenvalue weighted by Gasteiger charge is 1.91. The largest absolute Gasteiger partial charge is 0.369 e. The Morgan fingerprint density at radius 2 is 2.38 bits per heavy atom. The summed E-state index contributed by atoms with van der Waals surface area (Å²) in [6.45, 7) is 5.42. The van der Waals surface area contributed by atoms with E-state index in [4.69, 9.17) is 5.73 Å². The molecule has 8 heavy (non-hydrogen) atoms. The van der Waals surface area contributed by atoms with Crippen molar-refractivity contribution in [1.82, 2.24) is 0 Å². The summed E-state index contributed by atoms with van der Waals surface area (Å²) in [5.74, 6) is 0.0491. The van der Waals surface area contributed by atoms with Crippen molar-refractivity contribution in [3.8, 4) is 0 Å². The molecule has 0 saturated carbocycles. The highest BCUT2D eigenvalue weighted by atomic mass is 32.2. The first-order valence-electron chi connectivity index (χ1n) is 2.19. The van der Waals surface area contributed by atoms with Gasteiger partial charge in [-0.25, -0.2) is 0 Å². The molecule has 2 N–H and O–H groups in total. The number of rotatable bonds is 3. The molecule has 3 heteroatoms. The van der Waals surface area contributed by atoms with Crippen molar-refractivity contribution < 1.29 is 4.79 Å². The molecule has 0 unspecified atom stereocenters. The predicted molar refractivity (Wildman–Crippen MR) is 36.5 cm³/mol. The summed E-state index contributed by atoms with van der Waals surface area (Å²) in [5, 5.41) is 0. The van der Waals surface area contributed by atoms with E-state index < -0.39 is 0 Å². The number of primary amides is 1. The minimum atomic E-state index is -0.294. The van der Waals surface area contributed by atoms with Crippen molar-refractivity contribution in [3.63, 3.8) is 0 Å². The van der Waals surface area contributed by atoms with Crippen LogP contribution in [0.15, 0.2) is 11.5 Å². The fourth-order valence-electron chi connectivity index (χ4n) is 0.194. The lowest BCUT2D eigenvalue weighted by Gasteiger charge is -1.91. The Kier molecular flexibility index (Phi) is 3.35. The van der Waals surface area contributed by atoms with E-state index in [2.05, 4.69) is 6.58 Å². The van der Waals surface area contributed by atoms with Crippen LogP contribution in [0, 0.1) is 0 Å². The van der Waals surface area contributed by atoms with Gasteiger partial charge in [-0.15, -0.1) is 11.8 Å². The van der Waals surface area contributed by atoms with Gasteiger partial charge in [0.1, 0.15) is 0 Å². The molecule has 2 nitrogen and oxygen atoms in total. The summed E-state index contributed by atoms with van der Waals surface area (Å²) < 4.78 is 0. The molecular weight excluding hydrogens is 122 g/mol. The van der Waals surface area contributed by atoms with Crippen LogP contribution in [-0.2, 0) is 4.79 Å². The number of carbonyl (C=O) groups is 1. The van der Waals surface area contributed by atoms with Crippen LogP contribution in [0.3, 0.4) is 0 Å². The number of allylic oxidation sites excluding steroid dienone is 1. The lowest BCUT2D eigenvalue weighted by molar-refractivity contribution is -0.115. The van der Waals surface area contributed by atoms with E-state index in [1.165, 1.54) is 11.8 Å². The van der Waals surface area contributed by atoms with Gasteiger partial charge in [-0.1, -0.05) is 6.58 Å². The van der Waals surface area contributed by atoms with Crippen molar-refractivity contribution in [3.05, 3.63) is 11.5 Å². The predicted octanol–water partition coefficient (Wildman–Crippen LogP) is 0.738. The Hall–Kier alpha value is -0.440. The topological polar surface area (TPSA) is 43.1 Å². The first kappa shape index (κ1) is 7.56. The first-order chi connectivity index (χ1) is 3.63. The van der Waals surface area contributed by atoms with E-state index in [1.807, 2.05) is 6.92 Å². The Bertz CT molecular complexity index is 97.0. The standard InChI is InChI=1S/C5H9NOS/c1-4(2)8-3-5(6)7/h1,3H2,2H3,(H2,6,7). The van der Waals surface area contributed by atoms with E-state index >= 15 is 0 Å².